The molecular weight excluding hydrogens is 1080 g/mol. The molecule has 7 aromatic carbocycles. The minimum absolute atomic E-state index is 0. The Hall–Kier alpha value is -6.81. The summed E-state index contributed by atoms with van der Waals surface area (Å²) in [6.45, 7) is 29.6. The number of para-hydroxylation sites is 1. The number of pyridine rings is 1. The van der Waals surface area contributed by atoms with Crippen LogP contribution in [0.4, 0.5) is 0 Å². The fourth-order valence-electron chi connectivity index (χ4n) is 10.2. The normalized spacial score (nSPS) is 12.6. The molecule has 0 amide bonds. The van der Waals surface area contributed by atoms with Crippen molar-refractivity contribution in [2.24, 2.45) is 0 Å². The van der Waals surface area contributed by atoms with Gasteiger partial charge >= 0.3 is 0 Å². The fraction of sp³-hybridized carbons (Fsp3) is 0.265. The Labute approximate surface area is 454 Å². The smallest absolute Gasteiger partial charge is 0.267 e. The number of fused-ring (bicyclic) bond motifs is 3. The van der Waals surface area contributed by atoms with Gasteiger partial charge in [-0.15, -0.1) is 35.4 Å². The number of benzene rings is 7. The summed E-state index contributed by atoms with van der Waals surface area (Å²) in [4.78, 5) is 5.00. The van der Waals surface area contributed by atoms with Crippen LogP contribution in [0.25, 0.3) is 50.1 Å². The largest absolute Gasteiger partial charge is 0.510 e. The van der Waals surface area contributed by atoms with Crippen molar-refractivity contribution in [2.45, 2.75) is 117 Å². The van der Waals surface area contributed by atoms with Gasteiger partial charge in [-0.2, -0.15) is 6.07 Å². The molecule has 0 saturated heterocycles. The first-order valence-corrected chi connectivity index (χ1v) is 25.7. The molecule has 0 N–H and O–H groups in total. The van der Waals surface area contributed by atoms with Gasteiger partial charge in [0.2, 0.25) is 0 Å². The SMILES string of the molecule is CC(C)(C)c1ccnc(-n2c3[c-]c(Oc4[c-]c(-n5[c-][n+](-c6cc(-c7ccccc7)cc(C(C)(C)c7ccccc7)c6)c(C(C)(C)C)c5)cc(C(C)(C)c5ccccc5)c4)cc(C(C)(C)C)c3c3ccccc32)c1.[Pt]. The third-order valence-corrected chi connectivity index (χ3v) is 14.8. The van der Waals surface area contributed by atoms with E-state index < -0.39 is 5.41 Å². The van der Waals surface area contributed by atoms with Crippen LogP contribution >= 0.6 is 0 Å². The first-order valence-electron chi connectivity index (χ1n) is 25.7. The first kappa shape index (κ1) is 52.1. The van der Waals surface area contributed by atoms with E-state index in [1.165, 1.54) is 27.8 Å². The number of nitrogens with zero attached hydrogens (tertiary/aromatic N) is 4. The van der Waals surface area contributed by atoms with Crippen molar-refractivity contribution in [3.05, 3.63) is 234 Å². The van der Waals surface area contributed by atoms with Gasteiger partial charge in [0.15, 0.2) is 0 Å². The minimum Gasteiger partial charge on any atom is -0.510 e. The van der Waals surface area contributed by atoms with Gasteiger partial charge in [-0.05, 0) is 96.4 Å². The molecule has 3 aromatic heterocycles. The zero-order chi connectivity index (χ0) is 51.7. The molecule has 10 rings (SSSR count). The van der Waals surface area contributed by atoms with Gasteiger partial charge in [0.1, 0.15) is 5.82 Å². The van der Waals surface area contributed by atoms with Crippen LogP contribution < -0.4 is 9.30 Å². The maximum Gasteiger partial charge on any atom is 0.267 e. The van der Waals surface area contributed by atoms with Crippen molar-refractivity contribution in [2.75, 3.05) is 0 Å². The predicted molar refractivity (Wildman–Crippen MR) is 301 cm³/mol. The van der Waals surface area contributed by atoms with Crippen molar-refractivity contribution < 1.29 is 30.4 Å². The Bertz CT molecular complexity index is 3640. The Balaban J connectivity index is 0.00000672. The monoisotopic (exact) mass is 1150 g/mol. The summed E-state index contributed by atoms with van der Waals surface area (Å²) in [7, 11) is 0. The molecule has 0 spiro atoms. The maximum absolute atomic E-state index is 7.19. The first-order chi connectivity index (χ1) is 34.6. The Morgan fingerprint density at radius 2 is 1.08 bits per heavy atom. The Morgan fingerprint density at radius 1 is 0.500 bits per heavy atom. The number of imidazole rings is 1. The van der Waals surface area contributed by atoms with Crippen molar-refractivity contribution >= 4 is 21.8 Å². The maximum atomic E-state index is 7.19. The zero-order valence-corrected chi connectivity index (χ0v) is 47.5. The van der Waals surface area contributed by atoms with Gasteiger partial charge in [-0.1, -0.05) is 216 Å². The molecule has 0 aliphatic rings. The van der Waals surface area contributed by atoms with E-state index in [1.807, 2.05) is 6.20 Å². The Kier molecular flexibility index (Phi) is 13.7. The molecule has 0 bridgehead atoms. The molecule has 0 aliphatic heterocycles. The molecule has 3 heterocycles. The van der Waals surface area contributed by atoms with E-state index in [4.69, 9.17) is 9.72 Å². The van der Waals surface area contributed by atoms with Gasteiger partial charge in [-0.25, -0.2) is 4.98 Å². The van der Waals surface area contributed by atoms with Gasteiger partial charge in [0.25, 0.3) is 6.33 Å². The molecule has 0 radical (unpaired) electrons. The van der Waals surface area contributed by atoms with Crippen molar-refractivity contribution in [1.29, 1.82) is 0 Å². The fourth-order valence-corrected chi connectivity index (χ4v) is 10.2. The average Bonchev–Trinajstić information content (AvgIpc) is 3.98. The van der Waals surface area contributed by atoms with Crippen LogP contribution in [-0.4, -0.2) is 14.1 Å². The van der Waals surface area contributed by atoms with Crippen LogP contribution in [0.5, 0.6) is 11.5 Å². The van der Waals surface area contributed by atoms with E-state index in [0.29, 0.717) is 11.5 Å². The Morgan fingerprint density at radius 3 is 1.69 bits per heavy atom. The summed E-state index contributed by atoms with van der Waals surface area (Å²) < 4.78 is 13.8. The molecule has 0 unspecified atom stereocenters. The van der Waals surface area contributed by atoms with Crippen LogP contribution in [0, 0.1) is 18.5 Å². The summed E-state index contributed by atoms with van der Waals surface area (Å²) in [5, 5.41) is 2.31. The number of aromatic nitrogens is 4. The number of hydrogen-bond acceptors (Lipinski definition) is 2. The van der Waals surface area contributed by atoms with Crippen LogP contribution in [0.3, 0.4) is 0 Å². The predicted octanol–water partition coefficient (Wildman–Crippen LogP) is 16.6. The second kappa shape index (κ2) is 19.5. The molecule has 10 aromatic rings. The van der Waals surface area contributed by atoms with Gasteiger partial charge in [0, 0.05) is 55.9 Å². The molecule has 0 fully saturated rings. The zero-order valence-electron chi connectivity index (χ0n) is 45.3. The minimum atomic E-state index is -0.401. The number of rotatable bonds is 10. The molecule has 378 valence electrons. The summed E-state index contributed by atoms with van der Waals surface area (Å²) in [5.74, 6) is 2.05. The molecule has 0 aliphatic carbocycles. The van der Waals surface area contributed by atoms with Crippen molar-refractivity contribution in [3.63, 3.8) is 0 Å². The van der Waals surface area contributed by atoms with Crippen LogP contribution in [0.15, 0.2) is 176 Å². The third kappa shape index (κ3) is 9.96. The summed E-state index contributed by atoms with van der Waals surface area (Å²) in [6, 6.07) is 66.3. The van der Waals surface area contributed by atoms with Gasteiger partial charge < -0.3 is 13.9 Å². The van der Waals surface area contributed by atoms with E-state index in [2.05, 4.69) is 292 Å². The average molecular weight is 1150 g/mol. The van der Waals surface area contributed by atoms with Crippen LogP contribution in [0.1, 0.15) is 129 Å². The van der Waals surface area contributed by atoms with E-state index in [0.717, 1.165) is 61.4 Å². The topological polar surface area (TPSA) is 35.9 Å². The van der Waals surface area contributed by atoms with E-state index >= 15 is 0 Å². The van der Waals surface area contributed by atoms with E-state index in [9.17, 15) is 0 Å². The molecule has 0 atom stereocenters. The number of ether oxygens (including phenoxy) is 1. The van der Waals surface area contributed by atoms with E-state index in [-0.39, 0.29) is 42.7 Å². The van der Waals surface area contributed by atoms with Crippen molar-refractivity contribution in [3.8, 4) is 39.8 Å². The molecule has 74 heavy (non-hydrogen) atoms. The van der Waals surface area contributed by atoms with Gasteiger partial charge in [0.05, 0.1) is 11.4 Å². The molecular formula is C68H68N4OPt-2. The number of hydrogen-bond donors (Lipinski definition) is 0. The van der Waals surface area contributed by atoms with E-state index in [1.54, 1.807) is 0 Å². The van der Waals surface area contributed by atoms with Crippen LogP contribution in [0.2, 0.25) is 0 Å². The van der Waals surface area contributed by atoms with Gasteiger partial charge in [-0.3, -0.25) is 4.57 Å². The molecule has 6 heteroatoms. The summed E-state index contributed by atoms with van der Waals surface area (Å²) in [5.41, 5.74) is 13.2. The summed E-state index contributed by atoms with van der Waals surface area (Å²) >= 11 is 0. The molecule has 5 nitrogen and oxygen atoms in total. The summed E-state index contributed by atoms with van der Waals surface area (Å²) in [6.07, 6.45) is 8.01. The quantitative estimate of drug-likeness (QED) is 0.101. The molecule has 0 saturated carbocycles. The van der Waals surface area contributed by atoms with Crippen molar-refractivity contribution in [1.82, 2.24) is 14.1 Å². The van der Waals surface area contributed by atoms with Crippen LogP contribution in [-0.2, 0) is 48.1 Å². The standard InChI is InChI=1S/C68H68N4O.Pt/c1-64(2,3)50-33-34-69-62(40-50)72-59-32-24-23-31-57(59)63-58(65(4,5)6)42-56(43-60(63)72)73-55-39-52(68(12,13)49-29-21-16-22-30-49)37-53(41-55)70-44-61(66(7,8)9)71(45-70)54-36-47(46-25-17-14-18-26-46)35-51(38-54)67(10,11)48-27-19-15-20-28-48;/h14-40,42,44H,1-13H3;/q-2;. The second-order valence-electron chi connectivity index (χ2n) is 23.9. The third-order valence-electron chi connectivity index (χ3n) is 14.8. The second-order valence-corrected chi connectivity index (χ2v) is 23.9.